The monoisotopic (exact) mass is 239 g/mol. The highest BCUT2D eigenvalue weighted by atomic mass is 16.3. The second kappa shape index (κ2) is 4.16. The number of benzene rings is 1. The van der Waals surface area contributed by atoms with Crippen molar-refractivity contribution in [2.75, 3.05) is 0 Å². The molecule has 3 aromatic rings. The van der Waals surface area contributed by atoms with Crippen LogP contribution in [0.2, 0.25) is 0 Å². The zero-order chi connectivity index (χ0) is 12.5. The van der Waals surface area contributed by atoms with Crippen molar-refractivity contribution in [1.29, 1.82) is 0 Å². The SMILES string of the molecule is NCc1ccc2nc(-c3ccccc3O)cn2c1. The fraction of sp³-hybridized carbons (Fsp3) is 0.0714. The number of nitrogens with zero attached hydrogens (tertiary/aromatic N) is 2. The predicted molar refractivity (Wildman–Crippen MR) is 70.2 cm³/mol. The lowest BCUT2D eigenvalue weighted by atomic mass is 10.1. The van der Waals surface area contributed by atoms with Crippen LogP contribution in [-0.2, 0) is 6.54 Å². The molecular weight excluding hydrogens is 226 g/mol. The molecule has 2 aromatic heterocycles. The van der Waals surface area contributed by atoms with E-state index in [-0.39, 0.29) is 5.75 Å². The first-order valence-corrected chi connectivity index (χ1v) is 5.74. The van der Waals surface area contributed by atoms with Gasteiger partial charge in [-0.15, -0.1) is 0 Å². The topological polar surface area (TPSA) is 63.5 Å². The first kappa shape index (κ1) is 10.8. The van der Waals surface area contributed by atoms with E-state index >= 15 is 0 Å². The highest BCUT2D eigenvalue weighted by molar-refractivity contribution is 5.68. The summed E-state index contributed by atoms with van der Waals surface area (Å²) in [6, 6.07) is 11.1. The van der Waals surface area contributed by atoms with E-state index in [0.717, 1.165) is 22.5 Å². The van der Waals surface area contributed by atoms with Gasteiger partial charge in [-0.1, -0.05) is 18.2 Å². The van der Waals surface area contributed by atoms with Gasteiger partial charge in [-0.05, 0) is 23.8 Å². The summed E-state index contributed by atoms with van der Waals surface area (Å²) >= 11 is 0. The lowest BCUT2D eigenvalue weighted by Gasteiger charge is -1.98. The van der Waals surface area contributed by atoms with Crippen molar-refractivity contribution >= 4 is 5.65 Å². The third-order valence-corrected chi connectivity index (χ3v) is 2.93. The Kier molecular flexibility index (Phi) is 2.50. The van der Waals surface area contributed by atoms with Crippen LogP contribution in [0.4, 0.5) is 0 Å². The minimum Gasteiger partial charge on any atom is -0.507 e. The number of hydrogen-bond acceptors (Lipinski definition) is 3. The van der Waals surface area contributed by atoms with Crippen molar-refractivity contribution in [3.63, 3.8) is 0 Å². The molecule has 0 amide bonds. The molecule has 90 valence electrons. The van der Waals surface area contributed by atoms with E-state index in [2.05, 4.69) is 4.98 Å². The normalized spacial score (nSPS) is 10.9. The average molecular weight is 239 g/mol. The molecule has 0 unspecified atom stereocenters. The van der Waals surface area contributed by atoms with Gasteiger partial charge in [0.1, 0.15) is 11.4 Å². The Balaban J connectivity index is 2.17. The molecule has 4 heteroatoms. The first-order valence-electron chi connectivity index (χ1n) is 5.74. The largest absolute Gasteiger partial charge is 0.507 e. The van der Waals surface area contributed by atoms with Gasteiger partial charge in [0.15, 0.2) is 0 Å². The molecule has 2 heterocycles. The zero-order valence-electron chi connectivity index (χ0n) is 9.74. The summed E-state index contributed by atoms with van der Waals surface area (Å²) < 4.78 is 1.92. The number of phenols is 1. The molecular formula is C14H13N3O. The molecule has 1 aromatic carbocycles. The number of pyridine rings is 1. The molecule has 18 heavy (non-hydrogen) atoms. The number of fused-ring (bicyclic) bond motifs is 1. The number of phenolic OH excluding ortho intramolecular Hbond substituents is 1. The quantitative estimate of drug-likeness (QED) is 0.720. The number of aromatic nitrogens is 2. The van der Waals surface area contributed by atoms with Crippen molar-refractivity contribution in [3.05, 3.63) is 54.4 Å². The molecule has 0 bridgehead atoms. The van der Waals surface area contributed by atoms with Crippen molar-refractivity contribution in [2.24, 2.45) is 5.73 Å². The summed E-state index contributed by atoms with van der Waals surface area (Å²) in [4.78, 5) is 4.48. The van der Waals surface area contributed by atoms with Gasteiger partial charge in [0, 0.05) is 24.5 Å². The molecule has 0 saturated heterocycles. The second-order valence-corrected chi connectivity index (χ2v) is 4.15. The Hall–Kier alpha value is -2.33. The molecule has 0 aliphatic carbocycles. The Bertz CT molecular complexity index is 703. The zero-order valence-corrected chi connectivity index (χ0v) is 9.74. The van der Waals surface area contributed by atoms with Gasteiger partial charge in [-0.2, -0.15) is 0 Å². The predicted octanol–water partition coefficient (Wildman–Crippen LogP) is 2.17. The fourth-order valence-electron chi connectivity index (χ4n) is 1.98. The third kappa shape index (κ3) is 1.72. The summed E-state index contributed by atoms with van der Waals surface area (Å²) in [6.45, 7) is 0.500. The molecule has 0 saturated carbocycles. The van der Waals surface area contributed by atoms with Crippen LogP contribution < -0.4 is 5.73 Å². The maximum atomic E-state index is 9.82. The van der Waals surface area contributed by atoms with E-state index in [4.69, 9.17) is 5.73 Å². The molecule has 0 atom stereocenters. The minimum absolute atomic E-state index is 0.236. The van der Waals surface area contributed by atoms with Crippen LogP contribution in [-0.4, -0.2) is 14.5 Å². The van der Waals surface area contributed by atoms with E-state index in [1.807, 2.05) is 41.1 Å². The van der Waals surface area contributed by atoms with Gasteiger partial charge in [-0.3, -0.25) is 0 Å². The molecule has 0 aliphatic heterocycles. The van der Waals surface area contributed by atoms with Crippen molar-refractivity contribution in [1.82, 2.24) is 9.38 Å². The summed E-state index contributed by atoms with van der Waals surface area (Å²) in [6.07, 6.45) is 3.84. The standard InChI is InChI=1S/C14H13N3O/c15-7-10-5-6-14-16-12(9-17(14)8-10)11-3-1-2-4-13(11)18/h1-6,8-9,18H,7,15H2. The van der Waals surface area contributed by atoms with Crippen LogP contribution in [0.5, 0.6) is 5.75 Å². The number of para-hydroxylation sites is 1. The number of aromatic hydroxyl groups is 1. The van der Waals surface area contributed by atoms with Crippen molar-refractivity contribution in [2.45, 2.75) is 6.54 Å². The first-order chi connectivity index (χ1) is 8.78. The van der Waals surface area contributed by atoms with Gasteiger partial charge >= 0.3 is 0 Å². The number of hydrogen-bond donors (Lipinski definition) is 2. The van der Waals surface area contributed by atoms with Crippen LogP contribution >= 0.6 is 0 Å². The fourth-order valence-corrected chi connectivity index (χ4v) is 1.98. The Morgan fingerprint density at radius 1 is 1.11 bits per heavy atom. The highest BCUT2D eigenvalue weighted by Crippen LogP contribution is 2.27. The Morgan fingerprint density at radius 3 is 2.72 bits per heavy atom. The van der Waals surface area contributed by atoms with E-state index in [0.29, 0.717) is 6.54 Å². The summed E-state index contributed by atoms with van der Waals surface area (Å²) in [5.41, 5.74) is 8.98. The van der Waals surface area contributed by atoms with Crippen LogP contribution in [0.15, 0.2) is 48.8 Å². The van der Waals surface area contributed by atoms with Gasteiger partial charge in [0.2, 0.25) is 0 Å². The molecule has 0 fully saturated rings. The van der Waals surface area contributed by atoms with Gasteiger partial charge < -0.3 is 15.2 Å². The lowest BCUT2D eigenvalue weighted by molar-refractivity contribution is 0.477. The smallest absolute Gasteiger partial charge is 0.137 e. The van der Waals surface area contributed by atoms with Crippen LogP contribution in [0.3, 0.4) is 0 Å². The molecule has 0 radical (unpaired) electrons. The van der Waals surface area contributed by atoms with Crippen LogP contribution in [0.1, 0.15) is 5.56 Å². The summed E-state index contributed by atoms with van der Waals surface area (Å²) in [7, 11) is 0. The van der Waals surface area contributed by atoms with Crippen LogP contribution in [0, 0.1) is 0 Å². The van der Waals surface area contributed by atoms with Gasteiger partial charge in [-0.25, -0.2) is 4.98 Å². The van der Waals surface area contributed by atoms with Gasteiger partial charge in [0.25, 0.3) is 0 Å². The Labute approximate surface area is 104 Å². The van der Waals surface area contributed by atoms with E-state index in [1.165, 1.54) is 0 Å². The molecule has 3 N–H and O–H groups in total. The summed E-state index contributed by atoms with van der Waals surface area (Å²) in [5.74, 6) is 0.236. The molecule has 4 nitrogen and oxygen atoms in total. The molecule has 0 aliphatic rings. The second-order valence-electron chi connectivity index (χ2n) is 4.15. The third-order valence-electron chi connectivity index (χ3n) is 2.93. The van der Waals surface area contributed by atoms with Crippen LogP contribution in [0.25, 0.3) is 16.9 Å². The van der Waals surface area contributed by atoms with Gasteiger partial charge in [0.05, 0.1) is 5.69 Å². The highest BCUT2D eigenvalue weighted by Gasteiger charge is 2.08. The number of nitrogens with two attached hydrogens (primary N) is 1. The number of imidazole rings is 1. The maximum absolute atomic E-state index is 9.82. The molecule has 3 rings (SSSR count). The average Bonchev–Trinajstić information content (AvgIpc) is 2.81. The van der Waals surface area contributed by atoms with E-state index in [9.17, 15) is 5.11 Å². The Morgan fingerprint density at radius 2 is 1.94 bits per heavy atom. The summed E-state index contributed by atoms with van der Waals surface area (Å²) in [5, 5.41) is 9.82. The van der Waals surface area contributed by atoms with Crippen molar-refractivity contribution < 1.29 is 5.11 Å². The van der Waals surface area contributed by atoms with E-state index < -0.39 is 0 Å². The number of rotatable bonds is 2. The van der Waals surface area contributed by atoms with Crippen molar-refractivity contribution in [3.8, 4) is 17.0 Å². The van der Waals surface area contributed by atoms with E-state index in [1.54, 1.807) is 12.1 Å². The maximum Gasteiger partial charge on any atom is 0.137 e. The minimum atomic E-state index is 0.236. The molecule has 0 spiro atoms. The lowest BCUT2D eigenvalue weighted by Crippen LogP contribution is -1.97.